The van der Waals surface area contributed by atoms with Gasteiger partial charge >= 0.3 is 0 Å². The molecule has 0 radical (unpaired) electrons. The fourth-order valence-electron chi connectivity index (χ4n) is 2.49. The number of aromatic nitrogens is 3. The predicted octanol–water partition coefficient (Wildman–Crippen LogP) is 1.38. The highest BCUT2D eigenvalue weighted by Crippen LogP contribution is 2.42. The molecule has 1 aromatic heterocycles. The zero-order valence-electron chi connectivity index (χ0n) is 11.8. The molecule has 0 saturated carbocycles. The molecule has 19 heavy (non-hydrogen) atoms. The molecule has 6 nitrogen and oxygen atoms in total. The third-order valence-electron chi connectivity index (χ3n) is 3.50. The number of hydrogen-bond acceptors (Lipinski definition) is 5. The second kappa shape index (κ2) is 4.12. The van der Waals surface area contributed by atoms with E-state index in [1.165, 1.54) is 0 Å². The van der Waals surface area contributed by atoms with Crippen LogP contribution in [0.1, 0.15) is 32.5 Å². The van der Waals surface area contributed by atoms with E-state index >= 15 is 0 Å². The molecule has 0 spiro atoms. The van der Waals surface area contributed by atoms with Crippen molar-refractivity contribution >= 4 is 12.2 Å². The monoisotopic (exact) mass is 284 g/mol. The van der Waals surface area contributed by atoms with Crippen molar-refractivity contribution in [3.8, 4) is 0 Å². The molecular weight excluding hydrogens is 264 g/mol. The highest BCUT2D eigenvalue weighted by atomic mass is 32.1. The third-order valence-corrected chi connectivity index (χ3v) is 3.86. The zero-order chi connectivity index (χ0) is 13.8. The van der Waals surface area contributed by atoms with Crippen LogP contribution in [0.3, 0.4) is 0 Å². The van der Waals surface area contributed by atoms with E-state index < -0.39 is 5.91 Å². The minimum atomic E-state index is -0.500. The fourth-order valence-corrected chi connectivity index (χ4v) is 2.63. The molecule has 2 fully saturated rings. The Hall–Kier alpha value is -0.760. The molecular formula is C12H20N4O2S. The minimum absolute atomic E-state index is 0.202. The zero-order valence-corrected chi connectivity index (χ0v) is 12.6. The predicted molar refractivity (Wildman–Crippen MR) is 72.2 cm³/mol. The fraction of sp³-hybridized carbons (Fsp3) is 0.833. The maximum atomic E-state index is 6.01. The van der Waals surface area contributed by atoms with E-state index in [1.54, 1.807) is 0 Å². The van der Waals surface area contributed by atoms with Crippen molar-refractivity contribution in [1.29, 1.82) is 0 Å². The summed E-state index contributed by atoms with van der Waals surface area (Å²) in [7, 11) is 1.94. The molecule has 2 aliphatic heterocycles. The number of hydrogen-bond donors (Lipinski definition) is 1. The third kappa shape index (κ3) is 2.35. The molecule has 7 heteroatoms. The molecule has 1 atom stereocenters. The average molecular weight is 284 g/mol. The van der Waals surface area contributed by atoms with Crippen LogP contribution < -0.4 is 0 Å². The van der Waals surface area contributed by atoms with Crippen LogP contribution in [-0.4, -0.2) is 50.9 Å². The van der Waals surface area contributed by atoms with Gasteiger partial charge in [0.05, 0.1) is 5.60 Å². The van der Waals surface area contributed by atoms with Gasteiger partial charge in [0.25, 0.3) is 5.91 Å². The van der Waals surface area contributed by atoms with Crippen molar-refractivity contribution in [3.63, 3.8) is 0 Å². The van der Waals surface area contributed by atoms with Gasteiger partial charge in [-0.3, -0.25) is 5.10 Å². The first-order chi connectivity index (χ1) is 8.81. The van der Waals surface area contributed by atoms with E-state index in [-0.39, 0.29) is 5.60 Å². The van der Waals surface area contributed by atoms with Crippen LogP contribution in [0.5, 0.6) is 0 Å². The SMILES string of the molecule is Cn1c(C2CN(C3(OC(C)(C)C)CO3)C2)n[nH]c1=S. The molecule has 1 aromatic rings. The van der Waals surface area contributed by atoms with Crippen molar-refractivity contribution in [2.75, 3.05) is 19.7 Å². The molecule has 0 aliphatic carbocycles. The number of likely N-dealkylation sites (tertiary alicyclic amines) is 1. The molecule has 2 saturated heterocycles. The highest BCUT2D eigenvalue weighted by Gasteiger charge is 2.58. The first-order valence-corrected chi connectivity index (χ1v) is 6.92. The second-order valence-corrected chi connectivity index (χ2v) is 6.65. The van der Waals surface area contributed by atoms with Crippen molar-refractivity contribution in [2.45, 2.75) is 38.2 Å². The van der Waals surface area contributed by atoms with Crippen molar-refractivity contribution in [2.24, 2.45) is 7.05 Å². The lowest BCUT2D eigenvalue weighted by atomic mass is 9.98. The van der Waals surface area contributed by atoms with E-state index in [0.29, 0.717) is 17.3 Å². The first-order valence-electron chi connectivity index (χ1n) is 6.51. The smallest absolute Gasteiger partial charge is 0.255 e. The molecule has 2 aliphatic rings. The molecule has 3 rings (SSSR count). The van der Waals surface area contributed by atoms with Crippen LogP contribution in [0.25, 0.3) is 0 Å². The average Bonchev–Trinajstić information content (AvgIpc) is 2.89. The Balaban J connectivity index is 1.64. The van der Waals surface area contributed by atoms with Crippen LogP contribution in [0.4, 0.5) is 0 Å². The topological polar surface area (TPSA) is 58.6 Å². The molecule has 0 aromatic carbocycles. The maximum absolute atomic E-state index is 6.01. The van der Waals surface area contributed by atoms with Gasteiger partial charge in [-0.2, -0.15) is 5.10 Å². The van der Waals surface area contributed by atoms with Gasteiger partial charge in [-0.25, -0.2) is 4.90 Å². The summed E-state index contributed by atoms with van der Waals surface area (Å²) >= 11 is 5.13. The Kier molecular flexibility index (Phi) is 2.87. The Morgan fingerprint density at radius 2 is 2.11 bits per heavy atom. The van der Waals surface area contributed by atoms with Gasteiger partial charge in [0.15, 0.2) is 4.77 Å². The van der Waals surface area contributed by atoms with Gasteiger partial charge < -0.3 is 14.0 Å². The second-order valence-electron chi connectivity index (χ2n) is 6.26. The Labute approximate surface area is 117 Å². The van der Waals surface area contributed by atoms with E-state index in [9.17, 15) is 0 Å². The maximum Gasteiger partial charge on any atom is 0.255 e. The summed E-state index contributed by atoms with van der Waals surface area (Å²) in [6.45, 7) is 8.57. The van der Waals surface area contributed by atoms with Crippen molar-refractivity contribution < 1.29 is 9.47 Å². The van der Waals surface area contributed by atoms with Crippen LogP contribution >= 0.6 is 12.2 Å². The van der Waals surface area contributed by atoms with Gasteiger partial charge in [-0.1, -0.05) is 0 Å². The van der Waals surface area contributed by atoms with Crippen molar-refractivity contribution in [3.05, 3.63) is 10.6 Å². The summed E-state index contributed by atoms with van der Waals surface area (Å²) in [6, 6.07) is 0. The lowest BCUT2D eigenvalue weighted by Crippen LogP contribution is -2.56. The van der Waals surface area contributed by atoms with Gasteiger partial charge in [-0.05, 0) is 33.0 Å². The number of nitrogens with one attached hydrogen (secondary N) is 1. The van der Waals surface area contributed by atoms with Crippen LogP contribution in [0, 0.1) is 4.77 Å². The van der Waals surface area contributed by atoms with Gasteiger partial charge in [-0.15, -0.1) is 0 Å². The van der Waals surface area contributed by atoms with E-state index in [4.69, 9.17) is 21.7 Å². The van der Waals surface area contributed by atoms with Crippen LogP contribution in [0.15, 0.2) is 0 Å². The minimum Gasteiger partial charge on any atom is -0.330 e. The van der Waals surface area contributed by atoms with Crippen molar-refractivity contribution in [1.82, 2.24) is 19.7 Å². The van der Waals surface area contributed by atoms with E-state index in [0.717, 1.165) is 18.9 Å². The normalized spacial score (nSPS) is 28.4. The van der Waals surface area contributed by atoms with E-state index in [1.807, 2.05) is 32.4 Å². The standard InChI is InChI=1S/C12H20N4O2S/c1-11(2,3)18-12(7-17-12)16-5-8(6-16)9-13-14-10(19)15(9)4/h8H,5-7H2,1-4H3,(H,14,19). The lowest BCUT2D eigenvalue weighted by Gasteiger charge is -2.43. The summed E-state index contributed by atoms with van der Waals surface area (Å²) in [5, 5.41) is 7.11. The summed E-state index contributed by atoms with van der Waals surface area (Å²) in [5.74, 6) is 0.899. The molecule has 3 heterocycles. The molecule has 0 bridgehead atoms. The molecule has 1 N–H and O–H groups in total. The quantitative estimate of drug-likeness (QED) is 0.671. The highest BCUT2D eigenvalue weighted by molar-refractivity contribution is 7.71. The number of ether oxygens (including phenoxy) is 2. The number of rotatable bonds is 3. The summed E-state index contributed by atoms with van der Waals surface area (Å²) < 4.78 is 14.1. The van der Waals surface area contributed by atoms with Gasteiger partial charge in [0, 0.05) is 26.1 Å². The first kappa shape index (κ1) is 13.2. The number of H-pyrrole nitrogens is 1. The number of epoxide rings is 1. The largest absolute Gasteiger partial charge is 0.330 e. The summed E-state index contributed by atoms with van der Waals surface area (Å²) in [4.78, 5) is 2.22. The lowest BCUT2D eigenvalue weighted by molar-refractivity contribution is -0.224. The Morgan fingerprint density at radius 3 is 2.53 bits per heavy atom. The Morgan fingerprint density at radius 1 is 1.47 bits per heavy atom. The van der Waals surface area contributed by atoms with E-state index in [2.05, 4.69) is 15.1 Å². The summed E-state index contributed by atoms with van der Waals surface area (Å²) in [6.07, 6.45) is 0. The molecule has 1 unspecified atom stereocenters. The molecule has 0 amide bonds. The van der Waals surface area contributed by atoms with Crippen LogP contribution in [0.2, 0.25) is 0 Å². The Bertz CT molecular complexity index is 535. The van der Waals surface area contributed by atoms with Crippen LogP contribution in [-0.2, 0) is 16.5 Å². The molecule has 106 valence electrons. The number of aromatic amines is 1. The summed E-state index contributed by atoms with van der Waals surface area (Å²) in [5.41, 5.74) is -0.202. The van der Waals surface area contributed by atoms with Gasteiger partial charge in [0.1, 0.15) is 12.4 Å². The number of nitrogens with zero attached hydrogens (tertiary/aromatic N) is 3. The van der Waals surface area contributed by atoms with Gasteiger partial charge in [0.2, 0.25) is 0 Å².